The molecule has 2 heterocycles. The summed E-state index contributed by atoms with van der Waals surface area (Å²) in [5, 5.41) is 6.21. The normalized spacial score (nSPS) is 21.7. The number of carbonyl (C=O) groups is 1. The van der Waals surface area contributed by atoms with Crippen molar-refractivity contribution < 1.29 is 13.2 Å². The number of nitrogens with one attached hydrogen (secondary N) is 2. The monoisotopic (exact) mass is 393 g/mol. The molecule has 0 aliphatic carbocycles. The van der Waals surface area contributed by atoms with Gasteiger partial charge in [0.25, 0.3) is 0 Å². The van der Waals surface area contributed by atoms with Crippen LogP contribution in [0, 0.1) is 5.92 Å². The van der Waals surface area contributed by atoms with Gasteiger partial charge in [0, 0.05) is 23.7 Å². The fraction of sp³-hybridized carbons (Fsp3) is 0.650. The smallest absolute Gasteiger partial charge is 0.227 e. The summed E-state index contributed by atoms with van der Waals surface area (Å²) in [4.78, 5) is 12.4. The second-order valence-corrected chi connectivity index (χ2v) is 10.2. The van der Waals surface area contributed by atoms with Crippen LogP contribution in [0.2, 0.25) is 0 Å². The molecule has 3 rings (SSSR count). The van der Waals surface area contributed by atoms with E-state index in [1.165, 1.54) is 0 Å². The molecule has 2 fully saturated rings. The Balaban J connectivity index is 1.69. The Morgan fingerprint density at radius 1 is 1.26 bits per heavy atom. The van der Waals surface area contributed by atoms with Crippen molar-refractivity contribution >= 4 is 21.6 Å². The van der Waals surface area contributed by atoms with Crippen LogP contribution in [0.5, 0.6) is 0 Å². The standard InChI is InChI=1S/C20H31N3O3S/c1-20(2)10-3-4-13-23(20)27(25,26)15-16-6-5-7-18(14-16)22-19(24)17-8-11-21-12-9-17/h5-7,14,17,21H,3-4,8-13,15H2,1-2H3,(H,22,24). The summed E-state index contributed by atoms with van der Waals surface area (Å²) in [6.07, 6.45) is 4.54. The molecule has 7 heteroatoms. The molecule has 2 aliphatic rings. The average Bonchev–Trinajstić information content (AvgIpc) is 2.61. The highest BCUT2D eigenvalue weighted by atomic mass is 32.2. The molecule has 1 aromatic carbocycles. The number of sulfonamides is 1. The van der Waals surface area contributed by atoms with Gasteiger partial charge in [0.15, 0.2) is 0 Å². The summed E-state index contributed by atoms with van der Waals surface area (Å²) in [6, 6.07) is 7.23. The third kappa shape index (κ3) is 5.09. The van der Waals surface area contributed by atoms with Gasteiger partial charge in [-0.2, -0.15) is 4.31 Å². The van der Waals surface area contributed by atoms with Gasteiger partial charge in [0.1, 0.15) is 0 Å². The first-order chi connectivity index (χ1) is 12.8. The molecule has 1 aromatic rings. The summed E-state index contributed by atoms with van der Waals surface area (Å²) in [6.45, 7) is 6.31. The quantitative estimate of drug-likeness (QED) is 0.806. The first-order valence-corrected chi connectivity index (χ1v) is 11.5. The van der Waals surface area contributed by atoms with Crippen molar-refractivity contribution in [3.05, 3.63) is 29.8 Å². The third-order valence-electron chi connectivity index (χ3n) is 5.66. The highest BCUT2D eigenvalue weighted by molar-refractivity contribution is 7.88. The maximum absolute atomic E-state index is 13.0. The van der Waals surface area contributed by atoms with Crippen molar-refractivity contribution in [3.63, 3.8) is 0 Å². The third-order valence-corrected chi connectivity index (χ3v) is 7.71. The van der Waals surface area contributed by atoms with E-state index in [-0.39, 0.29) is 23.1 Å². The Morgan fingerprint density at radius 3 is 2.70 bits per heavy atom. The Kier molecular flexibility index (Phi) is 6.23. The van der Waals surface area contributed by atoms with E-state index in [2.05, 4.69) is 10.6 Å². The highest BCUT2D eigenvalue weighted by Gasteiger charge is 2.37. The van der Waals surface area contributed by atoms with Gasteiger partial charge < -0.3 is 10.6 Å². The summed E-state index contributed by atoms with van der Waals surface area (Å²) in [5.41, 5.74) is 1.04. The molecule has 1 amide bonds. The number of rotatable bonds is 5. The molecule has 0 aromatic heterocycles. The number of piperidine rings is 2. The fourth-order valence-corrected chi connectivity index (χ4v) is 6.12. The lowest BCUT2D eigenvalue weighted by atomic mass is 9.93. The van der Waals surface area contributed by atoms with Gasteiger partial charge >= 0.3 is 0 Å². The zero-order valence-corrected chi connectivity index (χ0v) is 17.1. The van der Waals surface area contributed by atoms with Crippen molar-refractivity contribution in [1.29, 1.82) is 0 Å². The Hall–Kier alpha value is -1.44. The minimum Gasteiger partial charge on any atom is -0.326 e. The molecule has 0 unspecified atom stereocenters. The minimum absolute atomic E-state index is 0.0211. The molecule has 0 spiro atoms. The van der Waals surface area contributed by atoms with Crippen LogP contribution in [0.3, 0.4) is 0 Å². The van der Waals surface area contributed by atoms with Crippen LogP contribution >= 0.6 is 0 Å². The molecular formula is C20H31N3O3S. The van der Waals surface area contributed by atoms with Gasteiger partial charge in [-0.25, -0.2) is 8.42 Å². The van der Waals surface area contributed by atoms with Crippen LogP contribution in [0.15, 0.2) is 24.3 Å². The van der Waals surface area contributed by atoms with E-state index >= 15 is 0 Å². The SMILES string of the molecule is CC1(C)CCCCN1S(=O)(=O)Cc1cccc(NC(=O)C2CCNCC2)c1. The summed E-state index contributed by atoms with van der Waals surface area (Å²) in [7, 11) is -3.40. The van der Waals surface area contributed by atoms with Crippen molar-refractivity contribution in [2.75, 3.05) is 25.0 Å². The lowest BCUT2D eigenvalue weighted by Gasteiger charge is -2.41. The first kappa shape index (κ1) is 20.3. The van der Waals surface area contributed by atoms with Gasteiger partial charge in [-0.1, -0.05) is 18.6 Å². The van der Waals surface area contributed by atoms with E-state index in [0.29, 0.717) is 17.8 Å². The van der Waals surface area contributed by atoms with Crippen LogP contribution in [0.1, 0.15) is 51.5 Å². The van der Waals surface area contributed by atoms with E-state index in [9.17, 15) is 13.2 Å². The van der Waals surface area contributed by atoms with Gasteiger partial charge in [-0.15, -0.1) is 0 Å². The molecule has 150 valence electrons. The maximum atomic E-state index is 13.0. The predicted molar refractivity (Wildman–Crippen MR) is 108 cm³/mol. The second-order valence-electron chi connectivity index (χ2n) is 8.31. The molecule has 0 bridgehead atoms. The highest BCUT2D eigenvalue weighted by Crippen LogP contribution is 2.31. The van der Waals surface area contributed by atoms with Crippen LogP contribution in [0.4, 0.5) is 5.69 Å². The second kappa shape index (κ2) is 8.29. The topological polar surface area (TPSA) is 78.5 Å². The molecule has 27 heavy (non-hydrogen) atoms. The van der Waals surface area contributed by atoms with E-state index in [4.69, 9.17) is 0 Å². The Labute approximate surface area is 162 Å². The molecule has 2 aliphatic heterocycles. The van der Waals surface area contributed by atoms with Gasteiger partial charge in [0.2, 0.25) is 15.9 Å². The van der Waals surface area contributed by atoms with Crippen molar-refractivity contribution in [2.45, 2.75) is 57.2 Å². The number of amides is 1. The average molecular weight is 394 g/mol. The van der Waals surface area contributed by atoms with Crippen molar-refractivity contribution in [2.24, 2.45) is 5.92 Å². The van der Waals surface area contributed by atoms with Gasteiger partial charge in [-0.3, -0.25) is 4.79 Å². The fourth-order valence-electron chi connectivity index (χ4n) is 4.11. The molecule has 0 atom stereocenters. The van der Waals surface area contributed by atoms with E-state index < -0.39 is 10.0 Å². The van der Waals surface area contributed by atoms with Crippen LogP contribution in [-0.2, 0) is 20.6 Å². The number of hydrogen-bond donors (Lipinski definition) is 2. The zero-order chi connectivity index (χ0) is 19.5. The molecule has 2 saturated heterocycles. The lowest BCUT2D eigenvalue weighted by Crippen LogP contribution is -2.50. The molecular weight excluding hydrogens is 362 g/mol. The summed E-state index contributed by atoms with van der Waals surface area (Å²) < 4.78 is 27.6. The Morgan fingerprint density at radius 2 is 2.00 bits per heavy atom. The summed E-state index contributed by atoms with van der Waals surface area (Å²) >= 11 is 0. The maximum Gasteiger partial charge on any atom is 0.227 e. The molecule has 2 N–H and O–H groups in total. The number of carbonyl (C=O) groups excluding carboxylic acids is 1. The van der Waals surface area contributed by atoms with Gasteiger partial charge in [-0.05, 0) is 70.3 Å². The number of anilines is 1. The largest absolute Gasteiger partial charge is 0.326 e. The number of hydrogen-bond acceptors (Lipinski definition) is 4. The predicted octanol–water partition coefficient (Wildman–Crippen LogP) is 2.72. The minimum atomic E-state index is -3.40. The first-order valence-electron chi connectivity index (χ1n) is 9.89. The van der Waals surface area contributed by atoms with E-state index in [1.807, 2.05) is 32.0 Å². The van der Waals surface area contributed by atoms with E-state index in [0.717, 1.165) is 45.2 Å². The lowest BCUT2D eigenvalue weighted by molar-refractivity contribution is -0.120. The van der Waals surface area contributed by atoms with Crippen LogP contribution in [-0.4, -0.2) is 43.8 Å². The van der Waals surface area contributed by atoms with Crippen LogP contribution in [0.25, 0.3) is 0 Å². The van der Waals surface area contributed by atoms with Crippen LogP contribution < -0.4 is 10.6 Å². The number of nitrogens with zero attached hydrogens (tertiary/aromatic N) is 1. The Bertz CT molecular complexity index is 770. The molecule has 6 nitrogen and oxygen atoms in total. The van der Waals surface area contributed by atoms with Gasteiger partial charge in [0.05, 0.1) is 5.75 Å². The molecule has 0 saturated carbocycles. The summed E-state index contributed by atoms with van der Waals surface area (Å²) in [5.74, 6) is 0.00878. The number of benzene rings is 1. The van der Waals surface area contributed by atoms with Crippen molar-refractivity contribution in [3.8, 4) is 0 Å². The molecule has 0 radical (unpaired) electrons. The van der Waals surface area contributed by atoms with E-state index in [1.54, 1.807) is 10.4 Å². The van der Waals surface area contributed by atoms with Crippen molar-refractivity contribution in [1.82, 2.24) is 9.62 Å². The zero-order valence-electron chi connectivity index (χ0n) is 16.3.